The number of carbonyl (C=O) groups excluding carboxylic acids is 1. The molecule has 114 valence electrons. The quantitative estimate of drug-likeness (QED) is 0.629. The fourth-order valence-corrected chi connectivity index (χ4v) is 2.51. The van der Waals surface area contributed by atoms with Crippen LogP contribution in [0, 0.1) is 16.0 Å². The van der Waals surface area contributed by atoms with Crippen molar-refractivity contribution in [2.45, 2.75) is 12.8 Å². The van der Waals surface area contributed by atoms with Gasteiger partial charge in [-0.2, -0.15) is 0 Å². The van der Waals surface area contributed by atoms with Crippen LogP contribution in [-0.4, -0.2) is 47.1 Å². The maximum atomic E-state index is 12.1. The second-order valence-electron chi connectivity index (χ2n) is 5.16. The molecule has 1 amide bonds. The number of amides is 1. The topological polar surface area (TPSA) is 95.7 Å². The predicted octanol–water partition coefficient (Wildman–Crippen LogP) is 1.24. The maximum absolute atomic E-state index is 12.1. The fourth-order valence-electron chi connectivity index (χ4n) is 2.51. The molecule has 1 aromatic rings. The third kappa shape index (κ3) is 3.91. The number of benzene rings is 1. The molecular formula is C14H19N3O4. The lowest BCUT2D eigenvalue weighted by Gasteiger charge is -2.32. The molecule has 1 unspecified atom stereocenters. The van der Waals surface area contributed by atoms with Gasteiger partial charge in [-0.1, -0.05) is 12.1 Å². The predicted molar refractivity (Wildman–Crippen MR) is 78.0 cm³/mol. The Morgan fingerprint density at radius 3 is 2.95 bits per heavy atom. The van der Waals surface area contributed by atoms with Gasteiger partial charge in [0.15, 0.2) is 0 Å². The molecule has 1 fully saturated rings. The van der Waals surface area contributed by atoms with Crippen LogP contribution >= 0.6 is 0 Å². The molecule has 0 saturated carbocycles. The lowest BCUT2D eigenvalue weighted by Crippen LogP contribution is -2.43. The first-order valence-corrected chi connectivity index (χ1v) is 6.97. The minimum Gasteiger partial charge on any atom is -0.396 e. The van der Waals surface area contributed by atoms with Gasteiger partial charge in [-0.3, -0.25) is 14.9 Å². The SMILES string of the molecule is O=C(CNc1ccccc1[N+](=O)[O-])N1CCCC(CO)C1. The third-order valence-electron chi connectivity index (χ3n) is 3.66. The molecule has 1 saturated heterocycles. The number of anilines is 1. The zero-order chi connectivity index (χ0) is 15.2. The number of nitro benzene ring substituents is 1. The van der Waals surface area contributed by atoms with E-state index in [4.69, 9.17) is 5.11 Å². The van der Waals surface area contributed by atoms with Gasteiger partial charge in [0, 0.05) is 25.8 Å². The summed E-state index contributed by atoms with van der Waals surface area (Å²) >= 11 is 0. The number of piperidine rings is 1. The molecule has 1 aliphatic rings. The molecule has 1 heterocycles. The molecule has 0 spiro atoms. The molecule has 0 radical (unpaired) electrons. The van der Waals surface area contributed by atoms with Crippen LogP contribution in [0.15, 0.2) is 24.3 Å². The average molecular weight is 293 g/mol. The van der Waals surface area contributed by atoms with E-state index in [2.05, 4.69) is 5.32 Å². The summed E-state index contributed by atoms with van der Waals surface area (Å²) in [6.07, 6.45) is 1.81. The Morgan fingerprint density at radius 1 is 1.48 bits per heavy atom. The van der Waals surface area contributed by atoms with Crippen molar-refractivity contribution in [2.24, 2.45) is 5.92 Å². The number of hydrogen-bond donors (Lipinski definition) is 2. The monoisotopic (exact) mass is 293 g/mol. The van der Waals surface area contributed by atoms with E-state index in [1.807, 2.05) is 0 Å². The second-order valence-corrected chi connectivity index (χ2v) is 5.16. The van der Waals surface area contributed by atoms with Crippen LogP contribution in [0.5, 0.6) is 0 Å². The Kier molecular flexibility index (Phi) is 5.10. The van der Waals surface area contributed by atoms with E-state index in [0.29, 0.717) is 18.8 Å². The first kappa shape index (κ1) is 15.2. The van der Waals surface area contributed by atoms with Crippen molar-refractivity contribution in [1.29, 1.82) is 0 Å². The molecule has 21 heavy (non-hydrogen) atoms. The first-order valence-electron chi connectivity index (χ1n) is 6.97. The maximum Gasteiger partial charge on any atom is 0.292 e. The summed E-state index contributed by atoms with van der Waals surface area (Å²) in [4.78, 5) is 24.2. The largest absolute Gasteiger partial charge is 0.396 e. The van der Waals surface area contributed by atoms with Gasteiger partial charge in [0.1, 0.15) is 5.69 Å². The molecule has 1 atom stereocenters. The van der Waals surface area contributed by atoms with Crippen molar-refractivity contribution in [1.82, 2.24) is 4.90 Å². The highest BCUT2D eigenvalue weighted by atomic mass is 16.6. The van der Waals surface area contributed by atoms with Crippen LogP contribution in [0.25, 0.3) is 0 Å². The number of carbonyl (C=O) groups is 1. The van der Waals surface area contributed by atoms with Crippen LogP contribution in [0.4, 0.5) is 11.4 Å². The minimum atomic E-state index is -0.477. The smallest absolute Gasteiger partial charge is 0.292 e. The molecule has 7 heteroatoms. The van der Waals surface area contributed by atoms with E-state index in [9.17, 15) is 14.9 Å². The van der Waals surface area contributed by atoms with E-state index >= 15 is 0 Å². The van der Waals surface area contributed by atoms with E-state index in [-0.39, 0.29) is 30.7 Å². The summed E-state index contributed by atoms with van der Waals surface area (Å²) in [7, 11) is 0. The number of hydrogen-bond acceptors (Lipinski definition) is 5. The van der Waals surface area contributed by atoms with Crippen molar-refractivity contribution in [3.63, 3.8) is 0 Å². The zero-order valence-electron chi connectivity index (χ0n) is 11.7. The number of nitrogens with zero attached hydrogens (tertiary/aromatic N) is 2. The highest BCUT2D eigenvalue weighted by molar-refractivity contribution is 5.82. The van der Waals surface area contributed by atoms with Crippen molar-refractivity contribution >= 4 is 17.3 Å². The molecule has 1 aromatic carbocycles. The molecule has 1 aliphatic heterocycles. The number of nitro groups is 1. The highest BCUT2D eigenvalue weighted by Gasteiger charge is 2.23. The van der Waals surface area contributed by atoms with E-state index < -0.39 is 4.92 Å². The summed E-state index contributed by atoms with van der Waals surface area (Å²) in [5.74, 6) is 0.0278. The highest BCUT2D eigenvalue weighted by Crippen LogP contribution is 2.23. The molecule has 0 aromatic heterocycles. The van der Waals surface area contributed by atoms with Crippen molar-refractivity contribution < 1.29 is 14.8 Å². The van der Waals surface area contributed by atoms with Crippen LogP contribution in [0.1, 0.15) is 12.8 Å². The number of para-hydroxylation sites is 2. The molecular weight excluding hydrogens is 274 g/mol. The van der Waals surface area contributed by atoms with Crippen LogP contribution in [-0.2, 0) is 4.79 Å². The van der Waals surface area contributed by atoms with Crippen LogP contribution in [0.3, 0.4) is 0 Å². The van der Waals surface area contributed by atoms with Gasteiger partial charge >= 0.3 is 0 Å². The number of likely N-dealkylation sites (tertiary alicyclic amines) is 1. The molecule has 0 aliphatic carbocycles. The van der Waals surface area contributed by atoms with Crippen LogP contribution in [0.2, 0.25) is 0 Å². The third-order valence-corrected chi connectivity index (χ3v) is 3.66. The number of nitrogens with one attached hydrogen (secondary N) is 1. The summed E-state index contributed by atoms with van der Waals surface area (Å²) < 4.78 is 0. The Bertz CT molecular complexity index is 521. The Labute approximate surface area is 122 Å². The normalized spacial score (nSPS) is 18.3. The summed E-state index contributed by atoms with van der Waals surface area (Å²) in [6, 6.07) is 6.25. The van der Waals surface area contributed by atoms with Gasteiger partial charge in [-0.25, -0.2) is 0 Å². The minimum absolute atomic E-state index is 0.0169. The Morgan fingerprint density at radius 2 is 2.24 bits per heavy atom. The lowest BCUT2D eigenvalue weighted by molar-refractivity contribution is -0.383. The standard InChI is InChI=1S/C14H19N3O4/c18-10-11-4-3-7-16(9-11)14(19)8-15-12-5-1-2-6-13(12)17(20)21/h1-2,5-6,11,15,18H,3-4,7-10H2. The molecule has 2 rings (SSSR count). The van der Waals surface area contributed by atoms with Crippen molar-refractivity contribution in [2.75, 3.05) is 31.6 Å². The van der Waals surface area contributed by atoms with E-state index in [0.717, 1.165) is 12.8 Å². The van der Waals surface area contributed by atoms with E-state index in [1.165, 1.54) is 6.07 Å². The number of aliphatic hydroxyl groups is 1. The van der Waals surface area contributed by atoms with Crippen molar-refractivity contribution in [3.05, 3.63) is 34.4 Å². The molecule has 0 bridgehead atoms. The lowest BCUT2D eigenvalue weighted by atomic mass is 9.99. The van der Waals surface area contributed by atoms with Gasteiger partial charge in [0.2, 0.25) is 5.91 Å². The second kappa shape index (κ2) is 7.03. The summed E-state index contributed by atoms with van der Waals surface area (Å²) in [6.45, 7) is 1.33. The van der Waals surface area contributed by atoms with Gasteiger partial charge in [-0.15, -0.1) is 0 Å². The van der Waals surface area contributed by atoms with Crippen LogP contribution < -0.4 is 5.32 Å². The van der Waals surface area contributed by atoms with E-state index in [1.54, 1.807) is 23.1 Å². The zero-order valence-corrected chi connectivity index (χ0v) is 11.7. The van der Waals surface area contributed by atoms with Gasteiger partial charge in [0.05, 0.1) is 11.5 Å². The van der Waals surface area contributed by atoms with Gasteiger partial charge in [-0.05, 0) is 24.8 Å². The number of aliphatic hydroxyl groups excluding tert-OH is 1. The van der Waals surface area contributed by atoms with Crippen molar-refractivity contribution in [3.8, 4) is 0 Å². The summed E-state index contributed by atoms with van der Waals surface area (Å²) in [5.41, 5.74) is 0.295. The molecule has 2 N–H and O–H groups in total. The molecule has 7 nitrogen and oxygen atoms in total. The Hall–Kier alpha value is -2.15. The van der Waals surface area contributed by atoms with Gasteiger partial charge in [0.25, 0.3) is 5.69 Å². The first-order chi connectivity index (χ1) is 10.1. The Balaban J connectivity index is 1.94. The van der Waals surface area contributed by atoms with Gasteiger partial charge < -0.3 is 15.3 Å². The fraction of sp³-hybridized carbons (Fsp3) is 0.500. The summed E-state index contributed by atoms with van der Waals surface area (Å²) in [5, 5.41) is 22.9. The average Bonchev–Trinajstić information content (AvgIpc) is 2.52. The number of rotatable bonds is 5.